The lowest BCUT2D eigenvalue weighted by Gasteiger charge is -2.40. The number of carboxylic acid groups (broad SMARTS) is 1. The Balaban J connectivity index is 1.67. The maximum Gasteiger partial charge on any atom is 0.337 e. The number of pyridine rings is 2. The number of piperidine rings is 1. The molecule has 0 bridgehead atoms. The molecule has 3 aromatic rings. The average Bonchev–Trinajstić information content (AvgIpc) is 2.88. The Kier molecular flexibility index (Phi) is 8.78. The number of anilines is 2. The third-order valence-corrected chi connectivity index (χ3v) is 7.39. The quantitative estimate of drug-likeness (QED) is 0.304. The highest BCUT2D eigenvalue weighted by atomic mass is 19.1. The van der Waals surface area contributed by atoms with Gasteiger partial charge in [0.15, 0.2) is 6.10 Å². The molecule has 214 valence electrons. The second kappa shape index (κ2) is 11.9. The van der Waals surface area contributed by atoms with Gasteiger partial charge in [-0.05, 0) is 82.2 Å². The van der Waals surface area contributed by atoms with E-state index >= 15 is 0 Å². The number of aliphatic carboxylic acids is 1. The molecule has 1 aliphatic heterocycles. The van der Waals surface area contributed by atoms with E-state index in [-0.39, 0.29) is 11.2 Å². The summed E-state index contributed by atoms with van der Waals surface area (Å²) in [5.41, 5.74) is 4.42. The van der Waals surface area contributed by atoms with E-state index in [9.17, 15) is 14.3 Å². The lowest BCUT2D eigenvalue weighted by Crippen LogP contribution is -2.39. The molecule has 1 fully saturated rings. The van der Waals surface area contributed by atoms with Crippen molar-refractivity contribution in [3.05, 3.63) is 71.4 Å². The predicted octanol–water partition coefficient (Wildman–Crippen LogP) is 6.81. The molecule has 4 rings (SSSR count). The molecule has 1 atom stereocenters. The van der Waals surface area contributed by atoms with Crippen molar-refractivity contribution in [2.75, 3.05) is 29.9 Å². The number of aromatic nitrogens is 2. The average molecular weight is 549 g/mol. The van der Waals surface area contributed by atoms with Crippen molar-refractivity contribution in [2.24, 2.45) is 5.41 Å². The van der Waals surface area contributed by atoms with Crippen LogP contribution in [0.2, 0.25) is 0 Å². The third kappa shape index (κ3) is 7.36. The van der Waals surface area contributed by atoms with Crippen LogP contribution in [0.1, 0.15) is 70.4 Å². The summed E-state index contributed by atoms with van der Waals surface area (Å²) in [6.07, 6.45) is 5.21. The van der Waals surface area contributed by atoms with Crippen LogP contribution < -0.4 is 10.2 Å². The number of rotatable bonds is 9. The Morgan fingerprint density at radius 3 is 2.35 bits per heavy atom. The van der Waals surface area contributed by atoms with E-state index in [1.165, 1.54) is 12.1 Å². The van der Waals surface area contributed by atoms with E-state index in [0.717, 1.165) is 60.5 Å². The van der Waals surface area contributed by atoms with Gasteiger partial charge in [0.05, 0.1) is 11.3 Å². The van der Waals surface area contributed by atoms with Crippen LogP contribution in [0.4, 0.5) is 15.9 Å². The summed E-state index contributed by atoms with van der Waals surface area (Å²) < 4.78 is 19.3. The number of hydrogen-bond donors (Lipinski definition) is 2. The van der Waals surface area contributed by atoms with E-state index in [0.29, 0.717) is 17.8 Å². The number of halogens is 1. The van der Waals surface area contributed by atoms with E-state index in [1.54, 1.807) is 18.3 Å². The molecule has 8 heteroatoms. The number of aryl methyl sites for hydroxylation is 1. The van der Waals surface area contributed by atoms with Crippen LogP contribution in [0.3, 0.4) is 0 Å². The first-order chi connectivity index (χ1) is 18.8. The Morgan fingerprint density at radius 2 is 1.77 bits per heavy atom. The number of nitrogens with zero attached hydrogens (tertiary/aromatic N) is 3. The Labute approximate surface area is 236 Å². The van der Waals surface area contributed by atoms with Crippen molar-refractivity contribution in [2.45, 2.75) is 72.5 Å². The van der Waals surface area contributed by atoms with Crippen molar-refractivity contribution in [1.29, 1.82) is 0 Å². The Hall–Kier alpha value is -3.52. The summed E-state index contributed by atoms with van der Waals surface area (Å²) in [4.78, 5) is 24.1. The smallest absolute Gasteiger partial charge is 0.337 e. The topological polar surface area (TPSA) is 87.6 Å². The molecule has 7 nitrogen and oxygen atoms in total. The van der Waals surface area contributed by atoms with Gasteiger partial charge in [0.2, 0.25) is 0 Å². The van der Waals surface area contributed by atoms with Gasteiger partial charge in [-0.25, -0.2) is 14.2 Å². The predicted molar refractivity (Wildman–Crippen MR) is 157 cm³/mol. The fourth-order valence-electron chi connectivity index (χ4n) is 5.04. The van der Waals surface area contributed by atoms with Crippen molar-refractivity contribution < 1.29 is 19.0 Å². The van der Waals surface area contributed by atoms with Crippen LogP contribution in [-0.4, -0.2) is 46.3 Å². The zero-order valence-corrected chi connectivity index (χ0v) is 24.4. The number of nitrogens with one attached hydrogen (secondary N) is 1. The number of carboxylic acids is 1. The molecule has 0 aliphatic carbocycles. The van der Waals surface area contributed by atoms with Crippen molar-refractivity contribution in [1.82, 2.24) is 9.97 Å². The van der Waals surface area contributed by atoms with Crippen molar-refractivity contribution in [3.8, 4) is 11.1 Å². The second-order valence-electron chi connectivity index (χ2n) is 12.4. The Bertz CT molecular complexity index is 1310. The van der Waals surface area contributed by atoms with E-state index in [4.69, 9.17) is 4.74 Å². The van der Waals surface area contributed by atoms with Gasteiger partial charge in [-0.15, -0.1) is 0 Å². The summed E-state index contributed by atoms with van der Waals surface area (Å²) in [5, 5.41) is 13.6. The summed E-state index contributed by atoms with van der Waals surface area (Å²) in [6.45, 7) is 14.3. The molecular weight excluding hydrogens is 507 g/mol. The molecule has 1 aromatic carbocycles. The summed E-state index contributed by atoms with van der Waals surface area (Å²) in [6, 6.07) is 10.4. The van der Waals surface area contributed by atoms with Crippen LogP contribution in [0.25, 0.3) is 11.1 Å². The van der Waals surface area contributed by atoms with Gasteiger partial charge in [-0.3, -0.25) is 4.98 Å². The second-order valence-corrected chi connectivity index (χ2v) is 12.4. The SMILES string of the molecule is Cc1ncc(-c2ccc(NCCc3ccc(F)cc3)nc2)c(N2CCC(C)(C)CC2)c1C(OC(C)(C)C)C(=O)O. The van der Waals surface area contributed by atoms with E-state index < -0.39 is 17.7 Å². The molecule has 0 saturated carbocycles. The molecule has 3 heterocycles. The summed E-state index contributed by atoms with van der Waals surface area (Å²) in [5.74, 6) is -0.545. The van der Waals surface area contributed by atoms with Crippen LogP contribution >= 0.6 is 0 Å². The molecule has 2 aromatic heterocycles. The zero-order valence-electron chi connectivity index (χ0n) is 24.4. The number of ether oxygens (including phenoxy) is 1. The minimum absolute atomic E-state index is 0.232. The molecule has 0 radical (unpaired) electrons. The standard InChI is InChI=1S/C32H41FN4O3/c1-21-27(29(30(38)39)40-31(2,3)4)28(37-17-14-32(5,6)15-18-37)25(20-35-21)23-9-12-26(36-19-23)34-16-13-22-7-10-24(33)11-8-22/h7-12,19-20,29H,13-18H2,1-6H3,(H,34,36)(H,38,39). The Morgan fingerprint density at radius 1 is 1.10 bits per heavy atom. The zero-order chi connectivity index (χ0) is 29.1. The summed E-state index contributed by atoms with van der Waals surface area (Å²) in [7, 11) is 0. The fourth-order valence-corrected chi connectivity index (χ4v) is 5.04. The van der Waals surface area contributed by atoms with Crippen LogP contribution in [-0.2, 0) is 16.0 Å². The molecule has 1 aliphatic rings. The maximum absolute atomic E-state index is 13.2. The molecule has 0 spiro atoms. The normalized spacial score (nSPS) is 16.0. The van der Waals surface area contributed by atoms with Crippen molar-refractivity contribution >= 4 is 17.5 Å². The fraction of sp³-hybridized carbons (Fsp3) is 0.469. The van der Waals surface area contributed by atoms with Gasteiger partial charge in [0.1, 0.15) is 11.6 Å². The largest absolute Gasteiger partial charge is 0.479 e. The minimum atomic E-state index is -1.15. The monoisotopic (exact) mass is 548 g/mol. The lowest BCUT2D eigenvalue weighted by molar-refractivity contribution is -0.160. The van der Waals surface area contributed by atoms with Gasteiger partial charge in [0, 0.05) is 54.4 Å². The molecule has 1 saturated heterocycles. The highest BCUT2D eigenvalue weighted by Crippen LogP contribution is 2.43. The highest BCUT2D eigenvalue weighted by molar-refractivity contribution is 5.86. The number of benzene rings is 1. The molecule has 2 N–H and O–H groups in total. The molecular formula is C32H41FN4O3. The first-order valence-corrected chi connectivity index (χ1v) is 13.9. The first-order valence-electron chi connectivity index (χ1n) is 13.9. The van der Waals surface area contributed by atoms with Gasteiger partial charge >= 0.3 is 5.97 Å². The van der Waals surface area contributed by atoms with Crippen LogP contribution in [0.5, 0.6) is 0 Å². The number of hydrogen-bond acceptors (Lipinski definition) is 6. The minimum Gasteiger partial charge on any atom is -0.479 e. The molecule has 0 amide bonds. The van der Waals surface area contributed by atoms with Crippen molar-refractivity contribution in [3.63, 3.8) is 0 Å². The van der Waals surface area contributed by atoms with Gasteiger partial charge < -0.3 is 20.1 Å². The van der Waals surface area contributed by atoms with E-state index in [2.05, 4.69) is 34.0 Å². The van der Waals surface area contributed by atoms with Gasteiger partial charge in [-0.2, -0.15) is 0 Å². The van der Waals surface area contributed by atoms with Crippen LogP contribution in [0.15, 0.2) is 48.8 Å². The van der Waals surface area contributed by atoms with E-state index in [1.807, 2.05) is 46.0 Å². The first kappa shape index (κ1) is 29.5. The number of carbonyl (C=O) groups is 1. The van der Waals surface area contributed by atoms with Gasteiger partial charge in [-0.1, -0.05) is 26.0 Å². The highest BCUT2D eigenvalue weighted by Gasteiger charge is 2.35. The summed E-state index contributed by atoms with van der Waals surface area (Å²) >= 11 is 0. The molecule has 40 heavy (non-hydrogen) atoms. The van der Waals surface area contributed by atoms with Gasteiger partial charge in [0.25, 0.3) is 0 Å². The lowest BCUT2D eigenvalue weighted by atomic mass is 9.82. The third-order valence-electron chi connectivity index (χ3n) is 7.39. The maximum atomic E-state index is 13.2. The molecule has 1 unspecified atom stereocenters. The van der Waals surface area contributed by atoms with Crippen LogP contribution in [0, 0.1) is 18.2 Å².